The third kappa shape index (κ3) is 3.82. The minimum atomic E-state index is -0.976. The van der Waals surface area contributed by atoms with E-state index in [0.29, 0.717) is 11.4 Å². The van der Waals surface area contributed by atoms with Crippen molar-refractivity contribution in [2.24, 2.45) is 0 Å². The van der Waals surface area contributed by atoms with E-state index in [1.165, 1.54) is 23.2 Å². The summed E-state index contributed by atoms with van der Waals surface area (Å²) < 4.78 is 0. The summed E-state index contributed by atoms with van der Waals surface area (Å²) in [6, 6.07) is 2.91. The Morgan fingerprint density at radius 1 is 1.35 bits per heavy atom. The van der Waals surface area contributed by atoms with Crippen LogP contribution in [0.5, 0.6) is 0 Å². The third-order valence-electron chi connectivity index (χ3n) is 3.05. The summed E-state index contributed by atoms with van der Waals surface area (Å²) in [7, 11) is 0. The lowest BCUT2D eigenvalue weighted by molar-refractivity contribution is -0.149. The second kappa shape index (κ2) is 6.39. The molecule has 0 aliphatic rings. The number of nitrogens with zero attached hydrogens (tertiary/aromatic N) is 1. The average molecular weight is 297 g/mol. The van der Waals surface area contributed by atoms with E-state index in [9.17, 15) is 14.7 Å². The van der Waals surface area contributed by atoms with E-state index in [1.807, 2.05) is 19.1 Å². The molecule has 20 heavy (non-hydrogen) atoms. The van der Waals surface area contributed by atoms with Crippen LogP contribution < -0.4 is 0 Å². The van der Waals surface area contributed by atoms with E-state index in [1.54, 1.807) is 0 Å². The van der Waals surface area contributed by atoms with Gasteiger partial charge in [0.05, 0.1) is 0 Å². The Morgan fingerprint density at radius 2 is 1.95 bits per heavy atom. The largest absolute Gasteiger partial charge is 0.479 e. The van der Waals surface area contributed by atoms with E-state index in [4.69, 9.17) is 0 Å². The summed E-state index contributed by atoms with van der Waals surface area (Å²) in [5, 5.41) is 9.50. The van der Waals surface area contributed by atoms with Gasteiger partial charge in [0.25, 0.3) is 0 Å². The Morgan fingerprint density at radius 3 is 2.30 bits per heavy atom. The number of hydrogen-bond donors (Lipinski definition) is 1. The van der Waals surface area contributed by atoms with Gasteiger partial charge >= 0.3 is 5.97 Å². The summed E-state index contributed by atoms with van der Waals surface area (Å²) in [6.07, 6.45) is 0.737. The molecule has 112 valence electrons. The van der Waals surface area contributed by atoms with Crippen molar-refractivity contribution in [1.82, 2.24) is 4.90 Å². The lowest BCUT2D eigenvalue weighted by Crippen LogP contribution is -2.37. The van der Waals surface area contributed by atoms with Crippen molar-refractivity contribution < 1.29 is 14.7 Å². The Bertz CT molecular complexity index is 488. The van der Waals surface area contributed by atoms with Gasteiger partial charge < -0.3 is 10.0 Å². The summed E-state index contributed by atoms with van der Waals surface area (Å²) >= 11 is 1.47. The molecule has 0 saturated carbocycles. The second-order valence-corrected chi connectivity index (χ2v) is 7.02. The Kier molecular flexibility index (Phi) is 5.34. The predicted molar refractivity (Wildman–Crippen MR) is 81.1 cm³/mol. The number of carbonyl (C=O) groups excluding carboxylic acids is 1. The highest BCUT2D eigenvalue weighted by Gasteiger charge is 2.31. The summed E-state index contributed by atoms with van der Waals surface area (Å²) in [6.45, 7) is 10.1. The molecule has 0 radical (unpaired) electrons. The van der Waals surface area contributed by atoms with E-state index in [2.05, 4.69) is 20.8 Å². The van der Waals surface area contributed by atoms with Gasteiger partial charge in [-0.05, 0) is 24.0 Å². The maximum atomic E-state index is 11.7. The van der Waals surface area contributed by atoms with Crippen LogP contribution in [0.2, 0.25) is 0 Å². The standard InChI is InChI=1S/C15H23NO3S/c1-6-9-16(10(2)17)13(14(18)19)11-7-8-12(20-11)15(3,4)5/h7-8,13H,6,9H2,1-5H3,(H,18,19). The van der Waals surface area contributed by atoms with Crippen LogP contribution in [0.25, 0.3) is 0 Å². The molecule has 0 fully saturated rings. The van der Waals surface area contributed by atoms with Crippen molar-refractivity contribution in [2.45, 2.75) is 52.5 Å². The van der Waals surface area contributed by atoms with Crippen LogP contribution >= 0.6 is 11.3 Å². The average Bonchev–Trinajstić information content (AvgIpc) is 2.76. The fourth-order valence-corrected chi connectivity index (χ4v) is 3.19. The molecule has 0 aromatic carbocycles. The van der Waals surface area contributed by atoms with Crippen LogP contribution in [0.3, 0.4) is 0 Å². The van der Waals surface area contributed by atoms with Crippen LogP contribution in [0, 0.1) is 0 Å². The summed E-state index contributed by atoms with van der Waals surface area (Å²) in [5.41, 5.74) is -0.0161. The quantitative estimate of drug-likeness (QED) is 0.906. The fraction of sp³-hybridized carbons (Fsp3) is 0.600. The second-order valence-electron chi connectivity index (χ2n) is 5.91. The number of carboxylic acid groups (broad SMARTS) is 1. The normalized spacial score (nSPS) is 13.1. The van der Waals surface area contributed by atoms with Crippen molar-refractivity contribution in [2.75, 3.05) is 6.54 Å². The first-order valence-electron chi connectivity index (χ1n) is 6.78. The van der Waals surface area contributed by atoms with E-state index < -0.39 is 12.0 Å². The first-order chi connectivity index (χ1) is 9.18. The highest BCUT2D eigenvalue weighted by molar-refractivity contribution is 7.12. The molecular formula is C15H23NO3S. The van der Waals surface area contributed by atoms with Gasteiger partial charge in [-0.2, -0.15) is 0 Å². The molecule has 5 heteroatoms. The van der Waals surface area contributed by atoms with Gasteiger partial charge in [0.1, 0.15) is 0 Å². The number of rotatable bonds is 5. The number of carbonyl (C=O) groups is 2. The molecule has 0 spiro atoms. The zero-order valence-electron chi connectivity index (χ0n) is 12.8. The molecule has 1 amide bonds. The molecule has 4 nitrogen and oxygen atoms in total. The molecule has 0 aliphatic carbocycles. The molecule has 1 N–H and O–H groups in total. The molecule has 1 atom stereocenters. The zero-order valence-corrected chi connectivity index (χ0v) is 13.6. The van der Waals surface area contributed by atoms with E-state index in [-0.39, 0.29) is 11.3 Å². The fourth-order valence-electron chi connectivity index (χ4n) is 2.02. The van der Waals surface area contributed by atoms with Crippen LogP contribution in [-0.4, -0.2) is 28.4 Å². The molecule has 1 unspecified atom stereocenters. The summed E-state index contributed by atoms with van der Waals surface area (Å²) in [5.74, 6) is -1.18. The smallest absolute Gasteiger partial charge is 0.331 e. The lowest BCUT2D eigenvalue weighted by atomic mass is 9.95. The van der Waals surface area contributed by atoms with Gasteiger partial charge in [0.2, 0.25) is 5.91 Å². The number of thiophene rings is 1. The third-order valence-corrected chi connectivity index (χ3v) is 4.61. The van der Waals surface area contributed by atoms with Gasteiger partial charge in [-0.15, -0.1) is 11.3 Å². The van der Waals surface area contributed by atoms with Crippen LogP contribution in [0.4, 0.5) is 0 Å². The lowest BCUT2D eigenvalue weighted by Gasteiger charge is -2.27. The number of hydrogen-bond acceptors (Lipinski definition) is 3. The molecular weight excluding hydrogens is 274 g/mol. The minimum Gasteiger partial charge on any atom is -0.479 e. The molecule has 0 aliphatic heterocycles. The molecule has 0 saturated heterocycles. The van der Waals surface area contributed by atoms with Crippen molar-refractivity contribution in [3.63, 3.8) is 0 Å². The van der Waals surface area contributed by atoms with Gasteiger partial charge in [0, 0.05) is 23.2 Å². The van der Waals surface area contributed by atoms with Gasteiger partial charge in [-0.25, -0.2) is 4.79 Å². The highest BCUT2D eigenvalue weighted by Crippen LogP contribution is 2.34. The number of aliphatic carboxylic acids is 1. The van der Waals surface area contributed by atoms with Gasteiger partial charge in [0.15, 0.2) is 6.04 Å². The maximum absolute atomic E-state index is 11.7. The van der Waals surface area contributed by atoms with Crippen molar-refractivity contribution in [1.29, 1.82) is 0 Å². The molecule has 0 bridgehead atoms. The van der Waals surface area contributed by atoms with Gasteiger partial charge in [-0.1, -0.05) is 27.7 Å². The van der Waals surface area contributed by atoms with Crippen molar-refractivity contribution in [3.8, 4) is 0 Å². The zero-order chi connectivity index (χ0) is 15.5. The number of carboxylic acids is 1. The Labute approximate surface area is 124 Å². The first-order valence-corrected chi connectivity index (χ1v) is 7.60. The van der Waals surface area contributed by atoms with Crippen molar-refractivity contribution in [3.05, 3.63) is 21.9 Å². The SMILES string of the molecule is CCCN(C(C)=O)C(C(=O)O)c1ccc(C(C)(C)C)s1. The first kappa shape index (κ1) is 16.7. The molecule has 1 aromatic rings. The predicted octanol–water partition coefficient (Wildman–Crippen LogP) is 3.43. The highest BCUT2D eigenvalue weighted by atomic mass is 32.1. The minimum absolute atomic E-state index is 0.0161. The molecule has 1 heterocycles. The topological polar surface area (TPSA) is 57.6 Å². The Hall–Kier alpha value is -1.36. The molecule has 1 rings (SSSR count). The Balaban J connectivity index is 3.17. The van der Waals surface area contributed by atoms with E-state index >= 15 is 0 Å². The molecule has 1 aromatic heterocycles. The van der Waals surface area contributed by atoms with Gasteiger partial charge in [-0.3, -0.25) is 4.79 Å². The monoisotopic (exact) mass is 297 g/mol. The van der Waals surface area contributed by atoms with Crippen molar-refractivity contribution >= 4 is 23.2 Å². The number of amides is 1. The van der Waals surface area contributed by atoms with E-state index in [0.717, 1.165) is 11.3 Å². The van der Waals surface area contributed by atoms with Crippen LogP contribution in [0.1, 0.15) is 56.8 Å². The van der Waals surface area contributed by atoms with Crippen LogP contribution in [0.15, 0.2) is 12.1 Å². The van der Waals surface area contributed by atoms with Crippen LogP contribution in [-0.2, 0) is 15.0 Å². The maximum Gasteiger partial charge on any atom is 0.331 e. The summed E-state index contributed by atoms with van der Waals surface area (Å²) in [4.78, 5) is 26.6.